The van der Waals surface area contributed by atoms with Crippen molar-refractivity contribution in [3.8, 4) is 34.4 Å². The summed E-state index contributed by atoms with van der Waals surface area (Å²) in [5.74, 6) is 8.59. The molecule has 0 radical (unpaired) electrons. The Balaban J connectivity index is 1.35. The van der Waals surface area contributed by atoms with Crippen LogP contribution in [0.2, 0.25) is 0 Å². The van der Waals surface area contributed by atoms with Crippen LogP contribution in [0.1, 0.15) is 5.56 Å². The van der Waals surface area contributed by atoms with Crippen molar-refractivity contribution in [2.75, 3.05) is 38.2 Å². The first-order valence-electron chi connectivity index (χ1n) is 11.2. The molecule has 1 amide bonds. The number of amides is 1. The molecule has 0 saturated heterocycles. The van der Waals surface area contributed by atoms with Crippen molar-refractivity contribution in [3.63, 3.8) is 0 Å². The van der Waals surface area contributed by atoms with Crippen LogP contribution in [-0.4, -0.2) is 47.9 Å². The number of ether oxygens (including phenoxy) is 4. The highest BCUT2D eigenvalue weighted by Crippen LogP contribution is 2.40. The average Bonchev–Trinajstić information content (AvgIpc) is 3.31. The van der Waals surface area contributed by atoms with E-state index in [1.165, 1.54) is 37.8 Å². The summed E-state index contributed by atoms with van der Waals surface area (Å²) < 4.78 is 23.2. The van der Waals surface area contributed by atoms with Gasteiger partial charge in [0.05, 0.1) is 27.1 Å². The molecule has 10 nitrogen and oxygen atoms in total. The molecule has 4 rings (SSSR count). The number of hydrogen-bond donors (Lipinski definition) is 2. The minimum atomic E-state index is -0.208. The third-order valence-corrected chi connectivity index (χ3v) is 6.25. The highest BCUT2D eigenvalue weighted by molar-refractivity contribution is 7.99. The summed E-state index contributed by atoms with van der Waals surface area (Å²) in [6.07, 6.45) is 0. The Kier molecular flexibility index (Phi) is 8.37. The molecule has 0 saturated carbocycles. The monoisotopic (exact) mass is 521 g/mol. The van der Waals surface area contributed by atoms with Crippen LogP contribution in [0.4, 0.5) is 5.69 Å². The molecule has 1 heterocycles. The second kappa shape index (κ2) is 12.0. The number of benzene rings is 3. The summed E-state index contributed by atoms with van der Waals surface area (Å²) >= 11 is 1.17. The van der Waals surface area contributed by atoms with Gasteiger partial charge in [0.2, 0.25) is 16.8 Å². The molecule has 0 bridgehead atoms. The first kappa shape index (κ1) is 25.7. The van der Waals surface area contributed by atoms with Crippen LogP contribution in [0.25, 0.3) is 11.4 Å². The molecule has 1 aromatic heterocycles. The van der Waals surface area contributed by atoms with Gasteiger partial charge in [-0.1, -0.05) is 42.1 Å². The van der Waals surface area contributed by atoms with E-state index in [1.54, 1.807) is 24.3 Å². The van der Waals surface area contributed by atoms with Gasteiger partial charge >= 0.3 is 0 Å². The smallest absolute Gasteiger partial charge is 0.234 e. The number of anilines is 1. The number of carbonyl (C=O) groups excluding carboxylic acids is 1. The quantitative estimate of drug-likeness (QED) is 0.223. The number of nitrogens with one attached hydrogen (secondary N) is 1. The predicted octanol–water partition coefficient (Wildman–Crippen LogP) is 3.99. The van der Waals surface area contributed by atoms with Crippen molar-refractivity contribution in [1.82, 2.24) is 14.9 Å². The summed E-state index contributed by atoms with van der Waals surface area (Å²) in [6.45, 7) is 0.473. The summed E-state index contributed by atoms with van der Waals surface area (Å²) in [6, 6.07) is 20.6. The third-order valence-electron chi connectivity index (χ3n) is 5.31. The summed E-state index contributed by atoms with van der Waals surface area (Å²) in [5.41, 5.74) is 2.36. The minimum Gasteiger partial charge on any atom is -0.493 e. The number of methoxy groups -OCH3 is 3. The van der Waals surface area contributed by atoms with Gasteiger partial charge in [-0.15, -0.1) is 10.2 Å². The Morgan fingerprint density at radius 3 is 2.24 bits per heavy atom. The maximum absolute atomic E-state index is 12.5. The number of hydrogen-bond acceptors (Lipinski definition) is 9. The second-order valence-electron chi connectivity index (χ2n) is 7.73. The Morgan fingerprint density at radius 2 is 1.62 bits per heavy atom. The maximum atomic E-state index is 12.5. The maximum Gasteiger partial charge on any atom is 0.234 e. The SMILES string of the molecule is COc1cc(-c2nnc(SCC(=O)Nc3ccc(OCc4ccccc4)cc3)n2N)cc(OC)c1OC. The Bertz CT molecular complexity index is 1320. The van der Waals surface area contributed by atoms with E-state index in [0.29, 0.717) is 51.8 Å². The Morgan fingerprint density at radius 1 is 0.946 bits per heavy atom. The highest BCUT2D eigenvalue weighted by atomic mass is 32.2. The van der Waals surface area contributed by atoms with E-state index in [-0.39, 0.29) is 11.7 Å². The number of nitrogen functional groups attached to an aromatic ring is 1. The van der Waals surface area contributed by atoms with Gasteiger partial charge in [-0.3, -0.25) is 4.79 Å². The molecule has 37 heavy (non-hydrogen) atoms. The van der Waals surface area contributed by atoms with E-state index < -0.39 is 0 Å². The van der Waals surface area contributed by atoms with Crippen LogP contribution in [0, 0.1) is 0 Å². The van der Waals surface area contributed by atoms with Crippen molar-refractivity contribution in [2.45, 2.75) is 11.8 Å². The molecule has 3 N–H and O–H groups in total. The van der Waals surface area contributed by atoms with Crippen LogP contribution < -0.4 is 30.1 Å². The molecular formula is C26H27N5O5S. The number of aromatic nitrogens is 3. The van der Waals surface area contributed by atoms with Crippen LogP contribution in [0.3, 0.4) is 0 Å². The molecule has 11 heteroatoms. The zero-order valence-electron chi connectivity index (χ0n) is 20.6. The van der Waals surface area contributed by atoms with E-state index in [1.807, 2.05) is 42.5 Å². The normalized spacial score (nSPS) is 10.6. The van der Waals surface area contributed by atoms with Gasteiger partial charge < -0.3 is 30.1 Å². The molecule has 0 spiro atoms. The van der Waals surface area contributed by atoms with Crippen LogP contribution >= 0.6 is 11.8 Å². The van der Waals surface area contributed by atoms with Crippen LogP contribution in [-0.2, 0) is 11.4 Å². The fourth-order valence-electron chi connectivity index (χ4n) is 3.49. The van der Waals surface area contributed by atoms with Gasteiger partial charge in [0.25, 0.3) is 0 Å². The van der Waals surface area contributed by atoms with Gasteiger partial charge in [0.15, 0.2) is 17.3 Å². The van der Waals surface area contributed by atoms with E-state index in [0.717, 1.165) is 5.56 Å². The molecule has 192 valence electrons. The minimum absolute atomic E-state index is 0.0941. The average molecular weight is 522 g/mol. The number of nitrogens with zero attached hydrogens (tertiary/aromatic N) is 3. The second-order valence-corrected chi connectivity index (χ2v) is 8.67. The summed E-state index contributed by atoms with van der Waals surface area (Å²) in [5, 5.41) is 11.5. The van der Waals surface area contributed by atoms with Crippen molar-refractivity contribution >= 4 is 23.4 Å². The Hall–Kier alpha value is -4.38. The van der Waals surface area contributed by atoms with Crippen molar-refractivity contribution in [1.29, 1.82) is 0 Å². The highest BCUT2D eigenvalue weighted by Gasteiger charge is 2.19. The molecule has 0 fully saturated rings. The predicted molar refractivity (Wildman–Crippen MR) is 142 cm³/mol. The Labute approximate surface area is 218 Å². The number of nitrogens with two attached hydrogens (primary N) is 1. The van der Waals surface area contributed by atoms with Gasteiger partial charge in [-0.25, -0.2) is 4.68 Å². The first-order chi connectivity index (χ1) is 18.0. The standard InChI is InChI=1S/C26H27N5O5S/c1-33-21-13-18(14-22(34-2)24(21)35-3)25-29-30-26(31(25)27)37-16-23(32)28-19-9-11-20(12-10-19)36-15-17-7-5-4-6-8-17/h4-14H,15-16,27H2,1-3H3,(H,28,32). The third kappa shape index (κ3) is 6.25. The number of carbonyl (C=O) groups is 1. The number of thioether (sulfide) groups is 1. The fourth-order valence-corrected chi connectivity index (χ4v) is 4.14. The molecule has 3 aromatic carbocycles. The van der Waals surface area contributed by atoms with Gasteiger partial charge in [-0.05, 0) is 42.0 Å². The molecular weight excluding hydrogens is 494 g/mol. The fraction of sp³-hybridized carbons (Fsp3) is 0.192. The van der Waals surface area contributed by atoms with Crippen molar-refractivity contribution in [2.24, 2.45) is 0 Å². The van der Waals surface area contributed by atoms with Crippen molar-refractivity contribution in [3.05, 3.63) is 72.3 Å². The molecule has 0 aliphatic rings. The lowest BCUT2D eigenvalue weighted by Crippen LogP contribution is -2.16. The molecule has 0 unspecified atom stereocenters. The van der Waals surface area contributed by atoms with Crippen molar-refractivity contribution < 1.29 is 23.7 Å². The largest absolute Gasteiger partial charge is 0.493 e. The lowest BCUT2D eigenvalue weighted by atomic mass is 10.1. The number of rotatable bonds is 11. The zero-order valence-corrected chi connectivity index (χ0v) is 21.5. The lowest BCUT2D eigenvalue weighted by Gasteiger charge is -2.13. The molecule has 0 atom stereocenters. The van der Waals surface area contributed by atoms with Gasteiger partial charge in [0.1, 0.15) is 12.4 Å². The molecule has 0 aliphatic heterocycles. The van der Waals surface area contributed by atoms with Gasteiger partial charge in [0, 0.05) is 11.3 Å². The van der Waals surface area contributed by atoms with E-state index in [4.69, 9.17) is 24.8 Å². The van der Waals surface area contributed by atoms with Crippen LogP contribution in [0.5, 0.6) is 23.0 Å². The lowest BCUT2D eigenvalue weighted by molar-refractivity contribution is -0.113. The molecule has 4 aromatic rings. The van der Waals surface area contributed by atoms with E-state index in [2.05, 4.69) is 15.5 Å². The zero-order chi connectivity index (χ0) is 26.2. The first-order valence-corrected chi connectivity index (χ1v) is 12.2. The van der Waals surface area contributed by atoms with E-state index in [9.17, 15) is 4.79 Å². The summed E-state index contributed by atoms with van der Waals surface area (Å²) in [4.78, 5) is 12.5. The van der Waals surface area contributed by atoms with Gasteiger partial charge in [-0.2, -0.15) is 0 Å². The van der Waals surface area contributed by atoms with Crippen LogP contribution in [0.15, 0.2) is 71.9 Å². The topological polar surface area (TPSA) is 123 Å². The summed E-state index contributed by atoms with van der Waals surface area (Å²) in [7, 11) is 4.58. The van der Waals surface area contributed by atoms with E-state index >= 15 is 0 Å². The molecule has 0 aliphatic carbocycles.